The average molecular weight is 248 g/mol. The van der Waals surface area contributed by atoms with Gasteiger partial charge in [-0.2, -0.15) is 0 Å². The minimum Gasteiger partial charge on any atom is -0.479 e. The predicted molar refractivity (Wildman–Crippen MR) is 67.7 cm³/mol. The first-order valence-corrected chi connectivity index (χ1v) is 5.93. The van der Waals surface area contributed by atoms with Crippen LogP contribution in [0.2, 0.25) is 0 Å². The summed E-state index contributed by atoms with van der Waals surface area (Å²) in [7, 11) is 0. The summed E-state index contributed by atoms with van der Waals surface area (Å²) in [5.41, 5.74) is 0.809. The van der Waals surface area contributed by atoms with Crippen molar-refractivity contribution in [1.82, 2.24) is 0 Å². The van der Waals surface area contributed by atoms with Crippen molar-refractivity contribution in [1.29, 1.82) is 0 Å². The van der Waals surface area contributed by atoms with E-state index in [1.165, 1.54) is 0 Å². The lowest BCUT2D eigenvalue weighted by atomic mass is 10.2. The molecular formula is C14H16O4. The third kappa shape index (κ3) is 2.64. The highest BCUT2D eigenvalue weighted by Gasteiger charge is 2.15. The number of hydrogen-bond acceptors (Lipinski definition) is 4. The Kier molecular flexibility index (Phi) is 3.55. The maximum absolute atomic E-state index is 11.4. The molecule has 18 heavy (non-hydrogen) atoms. The van der Waals surface area contributed by atoms with Crippen molar-refractivity contribution in [3.63, 3.8) is 0 Å². The largest absolute Gasteiger partial charge is 0.479 e. The van der Waals surface area contributed by atoms with Crippen LogP contribution in [0.1, 0.15) is 19.6 Å². The first-order chi connectivity index (χ1) is 8.60. The highest BCUT2D eigenvalue weighted by molar-refractivity contribution is 5.80. The molecule has 0 bridgehead atoms. The molecule has 0 N–H and O–H groups in total. The number of ether oxygens (including phenoxy) is 2. The van der Waals surface area contributed by atoms with Crippen LogP contribution >= 0.6 is 0 Å². The topological polar surface area (TPSA) is 48.7 Å². The van der Waals surface area contributed by atoms with Crippen LogP contribution in [0.4, 0.5) is 0 Å². The van der Waals surface area contributed by atoms with Crippen molar-refractivity contribution in [2.45, 2.75) is 26.9 Å². The third-order valence-electron chi connectivity index (χ3n) is 2.54. The summed E-state index contributed by atoms with van der Waals surface area (Å²) in [6, 6.07) is 7.38. The molecule has 0 fully saturated rings. The third-order valence-corrected chi connectivity index (χ3v) is 2.54. The number of rotatable bonds is 4. The smallest absolute Gasteiger partial charge is 0.347 e. The Morgan fingerprint density at radius 1 is 1.39 bits per heavy atom. The lowest BCUT2D eigenvalue weighted by molar-refractivity contribution is -0.150. The Labute approximate surface area is 105 Å². The second-order valence-corrected chi connectivity index (χ2v) is 4.07. The summed E-state index contributed by atoms with van der Waals surface area (Å²) < 4.78 is 15.9. The molecule has 0 saturated heterocycles. The molecule has 1 unspecified atom stereocenters. The molecule has 0 spiro atoms. The maximum Gasteiger partial charge on any atom is 0.347 e. The van der Waals surface area contributed by atoms with Crippen molar-refractivity contribution in [3.05, 3.63) is 30.0 Å². The SMILES string of the molecule is CCOC(=O)C(C)Oc1ccc2oc(C)cc2c1. The molecule has 1 atom stereocenters. The van der Waals surface area contributed by atoms with Gasteiger partial charge < -0.3 is 13.9 Å². The molecule has 1 heterocycles. The predicted octanol–water partition coefficient (Wildman–Crippen LogP) is 3.07. The lowest BCUT2D eigenvalue weighted by Gasteiger charge is -2.13. The monoisotopic (exact) mass is 248 g/mol. The van der Waals surface area contributed by atoms with E-state index in [2.05, 4.69) is 0 Å². The minimum absolute atomic E-state index is 0.354. The number of hydrogen-bond donors (Lipinski definition) is 0. The second kappa shape index (κ2) is 5.12. The van der Waals surface area contributed by atoms with Crippen LogP contribution in [0.25, 0.3) is 11.0 Å². The number of carbonyl (C=O) groups is 1. The summed E-state index contributed by atoms with van der Waals surface area (Å²) in [5, 5.41) is 0.959. The fourth-order valence-electron chi connectivity index (χ4n) is 1.74. The molecule has 0 radical (unpaired) electrons. The summed E-state index contributed by atoms with van der Waals surface area (Å²) in [5.74, 6) is 1.12. The maximum atomic E-state index is 11.4. The van der Waals surface area contributed by atoms with Crippen LogP contribution in [0.3, 0.4) is 0 Å². The van der Waals surface area contributed by atoms with Crippen LogP contribution in [0.15, 0.2) is 28.7 Å². The first kappa shape index (κ1) is 12.5. The van der Waals surface area contributed by atoms with Gasteiger partial charge in [0, 0.05) is 5.39 Å². The Morgan fingerprint density at radius 3 is 2.89 bits per heavy atom. The highest BCUT2D eigenvalue weighted by Crippen LogP contribution is 2.24. The van der Waals surface area contributed by atoms with Gasteiger partial charge in [-0.3, -0.25) is 0 Å². The van der Waals surface area contributed by atoms with Crippen molar-refractivity contribution in [2.75, 3.05) is 6.61 Å². The van der Waals surface area contributed by atoms with Crippen molar-refractivity contribution in [2.24, 2.45) is 0 Å². The molecule has 1 aromatic carbocycles. The number of benzene rings is 1. The molecule has 2 rings (SSSR count). The van der Waals surface area contributed by atoms with E-state index < -0.39 is 6.10 Å². The lowest BCUT2D eigenvalue weighted by Crippen LogP contribution is -2.25. The van der Waals surface area contributed by atoms with Crippen LogP contribution < -0.4 is 4.74 Å². The van der Waals surface area contributed by atoms with E-state index in [1.807, 2.05) is 25.1 Å². The van der Waals surface area contributed by atoms with Gasteiger partial charge >= 0.3 is 5.97 Å². The average Bonchev–Trinajstić information content (AvgIpc) is 2.68. The van der Waals surface area contributed by atoms with Gasteiger partial charge in [-0.15, -0.1) is 0 Å². The molecular weight excluding hydrogens is 232 g/mol. The van der Waals surface area contributed by atoms with Gasteiger partial charge in [0.2, 0.25) is 0 Å². The Balaban J connectivity index is 2.13. The van der Waals surface area contributed by atoms with Gasteiger partial charge in [0.05, 0.1) is 6.61 Å². The normalized spacial score (nSPS) is 12.4. The summed E-state index contributed by atoms with van der Waals surface area (Å²) in [6.45, 7) is 5.68. The molecule has 0 aliphatic rings. The van der Waals surface area contributed by atoms with Gasteiger partial charge in [-0.05, 0) is 45.0 Å². The Morgan fingerprint density at radius 2 is 2.17 bits per heavy atom. The molecule has 96 valence electrons. The number of fused-ring (bicyclic) bond motifs is 1. The fourth-order valence-corrected chi connectivity index (χ4v) is 1.74. The zero-order valence-electron chi connectivity index (χ0n) is 10.7. The van der Waals surface area contributed by atoms with Gasteiger partial charge in [0.1, 0.15) is 17.1 Å². The van der Waals surface area contributed by atoms with Gasteiger partial charge in [-0.25, -0.2) is 4.79 Å². The van der Waals surface area contributed by atoms with E-state index in [-0.39, 0.29) is 5.97 Å². The zero-order valence-corrected chi connectivity index (χ0v) is 10.7. The van der Waals surface area contributed by atoms with Crippen LogP contribution in [-0.2, 0) is 9.53 Å². The molecule has 0 aliphatic carbocycles. The van der Waals surface area contributed by atoms with Crippen LogP contribution in [0.5, 0.6) is 5.75 Å². The summed E-state index contributed by atoms with van der Waals surface area (Å²) >= 11 is 0. The van der Waals surface area contributed by atoms with Crippen molar-refractivity contribution < 1.29 is 18.7 Å². The van der Waals surface area contributed by atoms with E-state index >= 15 is 0 Å². The quantitative estimate of drug-likeness (QED) is 0.780. The van der Waals surface area contributed by atoms with E-state index in [1.54, 1.807) is 19.9 Å². The Bertz CT molecular complexity index is 556. The molecule has 1 aromatic heterocycles. The molecule has 0 amide bonds. The molecule has 0 saturated carbocycles. The minimum atomic E-state index is -0.615. The zero-order chi connectivity index (χ0) is 13.1. The second-order valence-electron chi connectivity index (χ2n) is 4.07. The van der Waals surface area contributed by atoms with Gasteiger partial charge in [0.15, 0.2) is 6.10 Å². The van der Waals surface area contributed by atoms with Crippen LogP contribution in [-0.4, -0.2) is 18.7 Å². The number of esters is 1. The molecule has 0 aliphatic heterocycles. The van der Waals surface area contributed by atoms with Gasteiger partial charge in [-0.1, -0.05) is 0 Å². The number of aryl methyl sites for hydroxylation is 1. The summed E-state index contributed by atoms with van der Waals surface area (Å²) in [6.07, 6.45) is -0.615. The number of carbonyl (C=O) groups excluding carboxylic acids is 1. The summed E-state index contributed by atoms with van der Waals surface area (Å²) in [4.78, 5) is 11.4. The van der Waals surface area contributed by atoms with E-state index in [0.29, 0.717) is 12.4 Å². The highest BCUT2D eigenvalue weighted by atomic mass is 16.6. The number of furan rings is 1. The first-order valence-electron chi connectivity index (χ1n) is 5.93. The van der Waals surface area contributed by atoms with E-state index in [0.717, 1.165) is 16.7 Å². The fraction of sp³-hybridized carbons (Fsp3) is 0.357. The van der Waals surface area contributed by atoms with Gasteiger partial charge in [0.25, 0.3) is 0 Å². The molecule has 4 heteroatoms. The Hall–Kier alpha value is -1.97. The van der Waals surface area contributed by atoms with Crippen molar-refractivity contribution >= 4 is 16.9 Å². The van der Waals surface area contributed by atoms with Crippen molar-refractivity contribution in [3.8, 4) is 5.75 Å². The standard InChI is InChI=1S/C14H16O4/c1-4-16-14(15)10(3)18-12-5-6-13-11(8-12)7-9(2)17-13/h5-8,10H,4H2,1-3H3. The van der Waals surface area contributed by atoms with E-state index in [4.69, 9.17) is 13.9 Å². The molecule has 2 aromatic rings. The van der Waals surface area contributed by atoms with Crippen LogP contribution in [0, 0.1) is 6.92 Å². The van der Waals surface area contributed by atoms with E-state index in [9.17, 15) is 4.79 Å². The molecule has 4 nitrogen and oxygen atoms in total.